The van der Waals surface area contributed by atoms with Crippen LogP contribution in [0.4, 0.5) is 10.6 Å². The average molecular weight is 371 g/mol. The van der Waals surface area contributed by atoms with E-state index in [1.807, 2.05) is 19.1 Å². The van der Waals surface area contributed by atoms with Gasteiger partial charge in [0.2, 0.25) is 5.91 Å². The molecule has 0 aromatic carbocycles. The third-order valence-electron chi connectivity index (χ3n) is 4.33. The summed E-state index contributed by atoms with van der Waals surface area (Å²) in [5, 5.41) is 7.97. The molecule has 1 saturated heterocycles. The normalized spacial score (nSPS) is 13.4. The fraction of sp³-hybridized carbons (Fsp3) is 0.421. The minimum absolute atomic E-state index is 0.0902. The van der Waals surface area contributed by atoms with E-state index in [9.17, 15) is 9.59 Å². The smallest absolute Gasteiger partial charge is 0.315 e. The summed E-state index contributed by atoms with van der Waals surface area (Å²) < 4.78 is 5.12. The Hall–Kier alpha value is -3.03. The Balaban J connectivity index is 1.41. The molecule has 1 aliphatic rings. The molecule has 0 saturated carbocycles. The first kappa shape index (κ1) is 18.8. The van der Waals surface area contributed by atoms with Crippen molar-refractivity contribution in [2.24, 2.45) is 0 Å². The number of rotatable bonds is 7. The molecule has 27 heavy (non-hydrogen) atoms. The molecule has 8 heteroatoms. The van der Waals surface area contributed by atoms with Crippen LogP contribution in [0.5, 0.6) is 0 Å². The number of carbonyl (C=O) groups is 2. The van der Waals surface area contributed by atoms with Crippen molar-refractivity contribution in [3.63, 3.8) is 0 Å². The summed E-state index contributed by atoms with van der Waals surface area (Å²) in [5.41, 5.74) is 1.93. The maximum Gasteiger partial charge on any atom is 0.315 e. The van der Waals surface area contributed by atoms with E-state index in [1.54, 1.807) is 12.1 Å². The summed E-state index contributed by atoms with van der Waals surface area (Å²) in [5.74, 6) is 1.36. The van der Waals surface area contributed by atoms with Gasteiger partial charge in [0.05, 0.1) is 19.4 Å². The van der Waals surface area contributed by atoms with E-state index >= 15 is 0 Å². The van der Waals surface area contributed by atoms with E-state index in [-0.39, 0.29) is 19.0 Å². The summed E-state index contributed by atoms with van der Waals surface area (Å²) in [6, 6.07) is 7.07. The molecular formula is C19H25N5O3. The van der Waals surface area contributed by atoms with Gasteiger partial charge in [0.15, 0.2) is 0 Å². The molecule has 0 bridgehead atoms. The SMILES string of the molecule is Cc1cc(CNC(=O)CNC(=O)NCc2ccco2)cc(N2CCCC2)n1. The van der Waals surface area contributed by atoms with Gasteiger partial charge in [-0.1, -0.05) is 0 Å². The Morgan fingerprint density at radius 2 is 1.96 bits per heavy atom. The van der Waals surface area contributed by atoms with Crippen LogP contribution in [0.3, 0.4) is 0 Å². The lowest BCUT2D eigenvalue weighted by molar-refractivity contribution is -0.120. The molecule has 8 nitrogen and oxygen atoms in total. The van der Waals surface area contributed by atoms with Crippen LogP contribution in [0.2, 0.25) is 0 Å². The molecule has 3 amide bonds. The number of amides is 3. The number of aromatic nitrogens is 1. The predicted octanol–water partition coefficient (Wildman–Crippen LogP) is 1.70. The van der Waals surface area contributed by atoms with Gasteiger partial charge in [-0.2, -0.15) is 0 Å². The number of pyridine rings is 1. The minimum Gasteiger partial charge on any atom is -0.467 e. The predicted molar refractivity (Wildman–Crippen MR) is 101 cm³/mol. The van der Waals surface area contributed by atoms with Crippen LogP contribution in [0, 0.1) is 6.92 Å². The first-order chi connectivity index (χ1) is 13.1. The quantitative estimate of drug-likeness (QED) is 0.688. The van der Waals surface area contributed by atoms with E-state index in [2.05, 4.69) is 25.8 Å². The van der Waals surface area contributed by atoms with Crippen molar-refractivity contribution in [2.75, 3.05) is 24.5 Å². The fourth-order valence-electron chi connectivity index (χ4n) is 3.00. The third-order valence-corrected chi connectivity index (χ3v) is 4.33. The Kier molecular flexibility index (Phi) is 6.30. The van der Waals surface area contributed by atoms with Crippen molar-refractivity contribution in [3.05, 3.63) is 47.5 Å². The molecular weight excluding hydrogens is 346 g/mol. The zero-order chi connectivity index (χ0) is 19.1. The van der Waals surface area contributed by atoms with Crippen LogP contribution in [0.1, 0.15) is 29.9 Å². The number of carbonyl (C=O) groups excluding carboxylic acids is 2. The number of hydrogen-bond acceptors (Lipinski definition) is 5. The second kappa shape index (κ2) is 9.07. The van der Waals surface area contributed by atoms with E-state index in [0.717, 1.165) is 30.2 Å². The Morgan fingerprint density at radius 1 is 1.15 bits per heavy atom. The van der Waals surface area contributed by atoms with Crippen LogP contribution in [-0.4, -0.2) is 36.6 Å². The largest absolute Gasteiger partial charge is 0.467 e. The van der Waals surface area contributed by atoms with E-state index in [0.29, 0.717) is 12.3 Å². The number of nitrogens with one attached hydrogen (secondary N) is 3. The zero-order valence-corrected chi connectivity index (χ0v) is 15.5. The van der Waals surface area contributed by atoms with Crippen molar-refractivity contribution >= 4 is 17.8 Å². The average Bonchev–Trinajstić information content (AvgIpc) is 3.36. The van der Waals surface area contributed by atoms with Gasteiger partial charge < -0.3 is 25.3 Å². The summed E-state index contributed by atoms with van der Waals surface area (Å²) in [4.78, 5) is 30.5. The molecule has 0 radical (unpaired) electrons. The second-order valence-electron chi connectivity index (χ2n) is 6.56. The van der Waals surface area contributed by atoms with Gasteiger partial charge in [-0.3, -0.25) is 4.79 Å². The van der Waals surface area contributed by atoms with Gasteiger partial charge in [0.1, 0.15) is 11.6 Å². The molecule has 1 fully saturated rings. The molecule has 0 unspecified atom stereocenters. The van der Waals surface area contributed by atoms with Gasteiger partial charge in [0.25, 0.3) is 0 Å². The molecule has 2 aromatic heterocycles. The first-order valence-corrected chi connectivity index (χ1v) is 9.13. The van der Waals surface area contributed by atoms with Gasteiger partial charge in [-0.25, -0.2) is 9.78 Å². The molecule has 0 aliphatic carbocycles. The maximum atomic E-state index is 12.0. The molecule has 0 spiro atoms. The Morgan fingerprint density at radius 3 is 2.70 bits per heavy atom. The lowest BCUT2D eigenvalue weighted by atomic mass is 10.2. The van der Waals surface area contributed by atoms with Crippen LogP contribution < -0.4 is 20.9 Å². The van der Waals surface area contributed by atoms with E-state index in [1.165, 1.54) is 19.1 Å². The molecule has 1 aliphatic heterocycles. The Labute approximate surface area is 158 Å². The van der Waals surface area contributed by atoms with Crippen molar-refractivity contribution in [3.8, 4) is 0 Å². The number of hydrogen-bond donors (Lipinski definition) is 3. The molecule has 3 heterocycles. The lowest BCUT2D eigenvalue weighted by Gasteiger charge is -2.18. The molecule has 144 valence electrons. The van der Waals surface area contributed by atoms with Gasteiger partial charge >= 0.3 is 6.03 Å². The monoisotopic (exact) mass is 371 g/mol. The van der Waals surface area contributed by atoms with E-state index in [4.69, 9.17) is 4.42 Å². The number of aryl methyl sites for hydroxylation is 1. The molecule has 3 rings (SSSR count). The highest BCUT2D eigenvalue weighted by atomic mass is 16.3. The molecule has 2 aromatic rings. The number of nitrogens with zero attached hydrogens (tertiary/aromatic N) is 2. The van der Waals surface area contributed by atoms with Crippen molar-refractivity contribution in [2.45, 2.75) is 32.9 Å². The number of furan rings is 1. The lowest BCUT2D eigenvalue weighted by Crippen LogP contribution is -2.41. The first-order valence-electron chi connectivity index (χ1n) is 9.13. The van der Waals surface area contributed by atoms with Crippen LogP contribution in [-0.2, 0) is 17.9 Å². The van der Waals surface area contributed by atoms with Crippen LogP contribution in [0.15, 0.2) is 34.9 Å². The minimum atomic E-state index is -0.419. The molecule has 0 atom stereocenters. The van der Waals surface area contributed by atoms with Crippen LogP contribution >= 0.6 is 0 Å². The summed E-state index contributed by atoms with van der Waals surface area (Å²) in [6.45, 7) is 4.59. The highest BCUT2D eigenvalue weighted by molar-refractivity contribution is 5.83. The van der Waals surface area contributed by atoms with Gasteiger partial charge in [-0.05, 0) is 49.6 Å². The van der Waals surface area contributed by atoms with Gasteiger partial charge in [0, 0.05) is 25.3 Å². The highest BCUT2D eigenvalue weighted by Gasteiger charge is 2.14. The topological polar surface area (TPSA) is 99.5 Å². The Bertz CT molecular complexity index is 770. The molecule has 3 N–H and O–H groups in total. The van der Waals surface area contributed by atoms with Gasteiger partial charge in [-0.15, -0.1) is 0 Å². The van der Waals surface area contributed by atoms with Crippen molar-refractivity contribution in [1.29, 1.82) is 0 Å². The number of urea groups is 1. The second-order valence-corrected chi connectivity index (χ2v) is 6.56. The van der Waals surface area contributed by atoms with Crippen LogP contribution in [0.25, 0.3) is 0 Å². The highest BCUT2D eigenvalue weighted by Crippen LogP contribution is 2.19. The summed E-state index contributed by atoms with van der Waals surface area (Å²) >= 11 is 0. The van der Waals surface area contributed by atoms with Crippen molar-refractivity contribution in [1.82, 2.24) is 20.9 Å². The third kappa shape index (κ3) is 5.73. The van der Waals surface area contributed by atoms with E-state index < -0.39 is 6.03 Å². The zero-order valence-electron chi connectivity index (χ0n) is 15.5. The maximum absolute atomic E-state index is 12.0. The summed E-state index contributed by atoms with van der Waals surface area (Å²) in [7, 11) is 0. The number of anilines is 1. The fourth-order valence-corrected chi connectivity index (χ4v) is 3.00. The summed E-state index contributed by atoms with van der Waals surface area (Å²) in [6.07, 6.45) is 3.92. The van der Waals surface area contributed by atoms with Crippen molar-refractivity contribution < 1.29 is 14.0 Å². The standard InChI is InChI=1S/C19H25N5O3/c1-14-9-15(10-17(23-14)24-6-2-3-7-24)11-20-18(25)13-22-19(26)21-12-16-5-4-8-27-16/h4-5,8-10H,2-3,6-7,11-13H2,1H3,(H,20,25)(H2,21,22,26).